The third-order valence-corrected chi connectivity index (χ3v) is 7.41. The van der Waals surface area contributed by atoms with Crippen molar-refractivity contribution >= 4 is 44.4 Å². The summed E-state index contributed by atoms with van der Waals surface area (Å²) in [5.74, 6) is 1.04. The van der Waals surface area contributed by atoms with E-state index in [9.17, 15) is 4.79 Å². The summed E-state index contributed by atoms with van der Waals surface area (Å²) in [4.78, 5) is 21.2. The number of carbonyl (C=O) groups is 1. The minimum Gasteiger partial charge on any atom is -0.286 e. The molecule has 0 aliphatic heterocycles. The minimum atomic E-state index is 0.120. The van der Waals surface area contributed by atoms with Gasteiger partial charge in [0.15, 0.2) is 5.13 Å². The molecule has 4 aromatic rings. The zero-order valence-corrected chi connectivity index (χ0v) is 20.4. The molecule has 0 N–H and O–H groups in total. The molecule has 0 aliphatic rings. The lowest BCUT2D eigenvalue weighted by atomic mass is 10.1. The lowest BCUT2D eigenvalue weighted by Crippen LogP contribution is -2.34. The molecule has 2 aromatic heterocycles. The van der Waals surface area contributed by atoms with Gasteiger partial charge in [0, 0.05) is 30.3 Å². The van der Waals surface area contributed by atoms with E-state index < -0.39 is 0 Å². The van der Waals surface area contributed by atoms with E-state index in [-0.39, 0.29) is 5.91 Å². The zero-order chi connectivity index (χ0) is 22.5. The minimum absolute atomic E-state index is 0.120. The van der Waals surface area contributed by atoms with Gasteiger partial charge >= 0.3 is 0 Å². The molecule has 0 radical (unpaired) electrons. The highest BCUT2D eigenvalue weighted by atomic mass is 32.2. The van der Waals surface area contributed by atoms with Crippen LogP contribution in [0, 0.1) is 20.8 Å². The first-order chi connectivity index (χ1) is 15.5. The first-order valence-electron chi connectivity index (χ1n) is 10.8. The Bertz CT molecular complexity index is 1180. The smallest absolute Gasteiger partial charge is 0.228 e. The Morgan fingerprint density at radius 3 is 2.69 bits per heavy atom. The van der Waals surface area contributed by atoms with E-state index in [1.54, 1.807) is 29.3 Å². The van der Waals surface area contributed by atoms with Crippen LogP contribution >= 0.6 is 23.1 Å². The molecular weight excluding hydrogens is 436 g/mol. The topological polar surface area (TPSA) is 51.0 Å². The second kappa shape index (κ2) is 10.3. The number of anilines is 1. The molecule has 0 fully saturated rings. The highest BCUT2D eigenvalue weighted by Gasteiger charge is 2.20. The molecule has 0 saturated heterocycles. The number of aryl methyl sites for hydroxylation is 3. The van der Waals surface area contributed by atoms with Gasteiger partial charge in [0.1, 0.15) is 0 Å². The van der Waals surface area contributed by atoms with Crippen LogP contribution < -0.4 is 4.90 Å². The van der Waals surface area contributed by atoms with Crippen LogP contribution in [0.15, 0.2) is 59.8 Å². The van der Waals surface area contributed by atoms with Gasteiger partial charge in [-0.15, -0.1) is 11.8 Å². The fraction of sp³-hybridized carbons (Fsp3) is 0.320. The summed E-state index contributed by atoms with van der Waals surface area (Å²) in [6.07, 6.45) is 5.02. The van der Waals surface area contributed by atoms with E-state index in [1.807, 2.05) is 21.8 Å². The monoisotopic (exact) mass is 464 g/mol. The van der Waals surface area contributed by atoms with E-state index in [0.717, 1.165) is 33.1 Å². The predicted molar refractivity (Wildman–Crippen MR) is 135 cm³/mol. The number of benzene rings is 2. The van der Waals surface area contributed by atoms with Crippen LogP contribution in [0.4, 0.5) is 5.13 Å². The van der Waals surface area contributed by atoms with Crippen LogP contribution in [0.2, 0.25) is 0 Å². The Morgan fingerprint density at radius 1 is 1.12 bits per heavy atom. The lowest BCUT2D eigenvalue weighted by molar-refractivity contribution is -0.118. The quantitative estimate of drug-likeness (QED) is 0.224. The maximum absolute atomic E-state index is 13.2. The third-order valence-electron chi connectivity index (χ3n) is 5.29. The van der Waals surface area contributed by atoms with E-state index in [1.165, 1.54) is 16.0 Å². The number of nitrogens with zero attached hydrogens (tertiary/aromatic N) is 4. The SMILES string of the molecule is Cc1ccc(SCCCC(=O)N(CCn2cccn2)c2nc3c(C)cc(C)cc3s2)cc1. The molecule has 0 unspecified atom stereocenters. The summed E-state index contributed by atoms with van der Waals surface area (Å²) in [5, 5.41) is 5.06. The van der Waals surface area contributed by atoms with Crippen LogP contribution in [0.3, 0.4) is 0 Å². The van der Waals surface area contributed by atoms with Gasteiger partial charge in [0.05, 0.1) is 16.8 Å². The molecule has 2 heterocycles. The van der Waals surface area contributed by atoms with Gasteiger partial charge in [-0.25, -0.2) is 4.98 Å². The molecule has 2 aromatic carbocycles. The summed E-state index contributed by atoms with van der Waals surface area (Å²) < 4.78 is 2.99. The van der Waals surface area contributed by atoms with Crippen molar-refractivity contribution in [1.82, 2.24) is 14.8 Å². The summed E-state index contributed by atoms with van der Waals surface area (Å²) in [6, 6.07) is 14.7. The number of aromatic nitrogens is 3. The zero-order valence-electron chi connectivity index (χ0n) is 18.7. The summed E-state index contributed by atoms with van der Waals surface area (Å²) >= 11 is 3.40. The number of fused-ring (bicyclic) bond motifs is 1. The highest BCUT2D eigenvalue weighted by molar-refractivity contribution is 7.99. The highest BCUT2D eigenvalue weighted by Crippen LogP contribution is 2.32. The van der Waals surface area contributed by atoms with Gasteiger partial charge in [-0.2, -0.15) is 5.10 Å². The van der Waals surface area contributed by atoms with Gasteiger partial charge in [0.25, 0.3) is 0 Å². The largest absolute Gasteiger partial charge is 0.286 e. The normalized spacial score (nSPS) is 11.2. The van der Waals surface area contributed by atoms with E-state index >= 15 is 0 Å². The summed E-state index contributed by atoms with van der Waals surface area (Å²) in [6.45, 7) is 7.47. The van der Waals surface area contributed by atoms with Crippen LogP contribution in [-0.4, -0.2) is 33.0 Å². The number of thioether (sulfide) groups is 1. The van der Waals surface area contributed by atoms with E-state index in [0.29, 0.717) is 19.5 Å². The molecule has 7 heteroatoms. The molecule has 0 aliphatic carbocycles. The first-order valence-corrected chi connectivity index (χ1v) is 12.6. The molecule has 0 bridgehead atoms. The molecule has 5 nitrogen and oxygen atoms in total. The van der Waals surface area contributed by atoms with E-state index in [2.05, 4.69) is 62.3 Å². The number of carbonyl (C=O) groups excluding carboxylic acids is 1. The van der Waals surface area contributed by atoms with Crippen LogP contribution in [0.5, 0.6) is 0 Å². The average Bonchev–Trinajstić information content (AvgIpc) is 3.43. The Labute approximate surface area is 197 Å². The van der Waals surface area contributed by atoms with Crippen molar-refractivity contribution in [2.45, 2.75) is 45.1 Å². The first kappa shape index (κ1) is 22.6. The van der Waals surface area contributed by atoms with Crippen LogP contribution in [0.1, 0.15) is 29.5 Å². The fourth-order valence-corrected chi connectivity index (χ4v) is 5.66. The van der Waals surface area contributed by atoms with Gasteiger partial charge < -0.3 is 0 Å². The molecule has 0 spiro atoms. The maximum atomic E-state index is 13.2. The number of amides is 1. The maximum Gasteiger partial charge on any atom is 0.228 e. The van der Waals surface area contributed by atoms with Crippen molar-refractivity contribution in [3.05, 3.63) is 71.5 Å². The fourth-order valence-electron chi connectivity index (χ4n) is 3.62. The van der Waals surface area contributed by atoms with Crippen molar-refractivity contribution in [1.29, 1.82) is 0 Å². The average molecular weight is 465 g/mol. The van der Waals surface area contributed by atoms with Gasteiger partial charge in [-0.05, 0) is 68.3 Å². The van der Waals surface area contributed by atoms with E-state index in [4.69, 9.17) is 4.98 Å². The van der Waals surface area contributed by atoms with Crippen molar-refractivity contribution in [3.8, 4) is 0 Å². The summed E-state index contributed by atoms with van der Waals surface area (Å²) in [7, 11) is 0. The molecule has 32 heavy (non-hydrogen) atoms. The molecule has 0 atom stereocenters. The van der Waals surface area contributed by atoms with Gasteiger partial charge in [-0.3, -0.25) is 14.4 Å². The standard InChI is InChI=1S/C25H28N4OS2/c1-18-7-9-21(10-8-18)31-15-4-6-23(30)29(14-13-28-12-5-11-26-28)25-27-24-20(3)16-19(2)17-22(24)32-25/h5,7-12,16-17H,4,6,13-15H2,1-3H3. The molecule has 4 rings (SSSR count). The lowest BCUT2D eigenvalue weighted by Gasteiger charge is -2.20. The predicted octanol–water partition coefficient (Wildman–Crippen LogP) is 6.02. The van der Waals surface area contributed by atoms with Crippen molar-refractivity contribution < 1.29 is 4.79 Å². The number of rotatable bonds is 9. The third kappa shape index (κ3) is 5.58. The Balaban J connectivity index is 1.45. The molecule has 0 saturated carbocycles. The summed E-state index contributed by atoms with van der Waals surface area (Å²) in [5.41, 5.74) is 4.62. The van der Waals surface area contributed by atoms with Crippen molar-refractivity contribution in [2.24, 2.45) is 0 Å². The van der Waals surface area contributed by atoms with Gasteiger partial charge in [0.2, 0.25) is 5.91 Å². The number of thiazole rings is 1. The van der Waals surface area contributed by atoms with Gasteiger partial charge in [-0.1, -0.05) is 35.1 Å². The van der Waals surface area contributed by atoms with Crippen LogP contribution in [-0.2, 0) is 11.3 Å². The Morgan fingerprint density at radius 2 is 1.94 bits per heavy atom. The molecular formula is C25H28N4OS2. The second-order valence-electron chi connectivity index (χ2n) is 8.00. The molecule has 166 valence electrons. The second-order valence-corrected chi connectivity index (χ2v) is 10.2. The number of hydrogen-bond acceptors (Lipinski definition) is 5. The number of hydrogen-bond donors (Lipinski definition) is 0. The van der Waals surface area contributed by atoms with Crippen LogP contribution in [0.25, 0.3) is 10.2 Å². The molecule has 1 amide bonds. The Kier molecular flexibility index (Phi) is 7.27. The van der Waals surface area contributed by atoms with Crippen molar-refractivity contribution in [2.75, 3.05) is 17.2 Å². The van der Waals surface area contributed by atoms with Crippen molar-refractivity contribution in [3.63, 3.8) is 0 Å². The Hall–Kier alpha value is -2.64.